The van der Waals surface area contributed by atoms with Crippen LogP contribution in [0.15, 0.2) is 64.5 Å². The van der Waals surface area contributed by atoms with Crippen molar-refractivity contribution >= 4 is 67.5 Å². The minimum absolute atomic E-state index is 0.121. The lowest BCUT2D eigenvalue weighted by molar-refractivity contribution is -0.115. The van der Waals surface area contributed by atoms with Gasteiger partial charge in [0.15, 0.2) is 10.9 Å². The number of ketones is 1. The lowest BCUT2D eigenvalue weighted by Crippen LogP contribution is -2.22. The molecule has 1 amide bonds. The number of amides is 1. The van der Waals surface area contributed by atoms with Crippen LogP contribution < -0.4 is 4.90 Å². The molecule has 0 N–H and O–H groups in total. The minimum atomic E-state index is -0.174. The first-order valence-corrected chi connectivity index (χ1v) is 9.99. The van der Waals surface area contributed by atoms with Crippen LogP contribution in [-0.4, -0.2) is 16.7 Å². The largest absolute Gasteiger partial charge is 0.289 e. The molecule has 0 radical (unpaired) electrons. The zero-order valence-corrected chi connectivity index (χ0v) is 17.4. The molecule has 0 atom stereocenters. The number of hydrogen-bond donors (Lipinski definition) is 0. The predicted molar refractivity (Wildman–Crippen MR) is 114 cm³/mol. The molecule has 0 aliphatic rings. The highest BCUT2D eigenvalue weighted by atomic mass is 79.9. The summed E-state index contributed by atoms with van der Waals surface area (Å²) in [6.07, 6.45) is 3.11. The van der Waals surface area contributed by atoms with E-state index < -0.39 is 0 Å². The molecule has 0 spiro atoms. The minimum Gasteiger partial charge on any atom is -0.289 e. The smallest absolute Gasteiger partial charge is 0.230 e. The molecule has 0 bridgehead atoms. The first kappa shape index (κ1) is 19.5. The molecule has 27 heavy (non-hydrogen) atoms. The van der Waals surface area contributed by atoms with Crippen molar-refractivity contribution in [3.05, 3.63) is 80.7 Å². The van der Waals surface area contributed by atoms with Gasteiger partial charge in [0, 0.05) is 27.4 Å². The molecule has 4 nitrogen and oxygen atoms in total. The van der Waals surface area contributed by atoms with Crippen molar-refractivity contribution in [3.63, 3.8) is 0 Å². The Bertz CT molecular complexity index is 1030. The Morgan fingerprint density at radius 1 is 1.19 bits per heavy atom. The van der Waals surface area contributed by atoms with E-state index in [2.05, 4.69) is 20.9 Å². The average molecular weight is 462 g/mol. The Kier molecular flexibility index (Phi) is 6.21. The van der Waals surface area contributed by atoms with Crippen LogP contribution in [0, 0.1) is 0 Å². The van der Waals surface area contributed by atoms with E-state index in [1.54, 1.807) is 47.9 Å². The molecule has 0 saturated heterocycles. The van der Waals surface area contributed by atoms with Gasteiger partial charge in [-0.25, -0.2) is 4.98 Å². The summed E-state index contributed by atoms with van der Waals surface area (Å²) in [7, 11) is 0. The molecule has 3 rings (SSSR count). The van der Waals surface area contributed by atoms with Crippen LogP contribution >= 0.6 is 38.9 Å². The van der Waals surface area contributed by atoms with Gasteiger partial charge in [0.1, 0.15) is 0 Å². The highest BCUT2D eigenvalue weighted by Gasteiger charge is 2.17. The van der Waals surface area contributed by atoms with Gasteiger partial charge in [0.05, 0.1) is 11.4 Å². The van der Waals surface area contributed by atoms with Crippen LogP contribution in [-0.2, 0) is 4.79 Å². The molecule has 0 unspecified atom stereocenters. The third kappa shape index (κ3) is 4.91. The van der Waals surface area contributed by atoms with Crippen LogP contribution in [0.3, 0.4) is 0 Å². The van der Waals surface area contributed by atoms with Crippen LogP contribution in [0.5, 0.6) is 0 Å². The fourth-order valence-corrected chi connectivity index (χ4v) is 3.84. The maximum Gasteiger partial charge on any atom is 0.230 e. The van der Waals surface area contributed by atoms with E-state index in [-0.39, 0.29) is 11.7 Å². The number of anilines is 2. The molecule has 0 fully saturated rings. The number of carbonyl (C=O) groups excluding carboxylic acids is 2. The maximum absolute atomic E-state index is 12.3. The number of rotatable bonds is 5. The monoisotopic (exact) mass is 460 g/mol. The summed E-state index contributed by atoms with van der Waals surface area (Å²) in [4.78, 5) is 30.3. The highest BCUT2D eigenvalue weighted by Crippen LogP contribution is 2.30. The van der Waals surface area contributed by atoms with Gasteiger partial charge in [0.25, 0.3) is 0 Å². The number of halogens is 2. The standard InChI is InChI=1S/C20H14BrClN2O2S/c1-13(25)24(18-7-3-6-16(22)11-18)20-23-17(12-27-20)8-9-19(26)14-4-2-5-15(21)10-14/h2-12H,1H3. The summed E-state index contributed by atoms with van der Waals surface area (Å²) in [5, 5.41) is 2.84. The highest BCUT2D eigenvalue weighted by molar-refractivity contribution is 9.10. The van der Waals surface area contributed by atoms with Gasteiger partial charge in [-0.15, -0.1) is 11.3 Å². The van der Waals surface area contributed by atoms with E-state index in [1.807, 2.05) is 12.1 Å². The molecule has 1 aromatic heterocycles. The molecule has 0 saturated carbocycles. The van der Waals surface area contributed by atoms with Crippen molar-refractivity contribution in [1.29, 1.82) is 0 Å². The average Bonchev–Trinajstić information content (AvgIpc) is 3.08. The molecule has 7 heteroatoms. The molecule has 2 aromatic carbocycles. The van der Waals surface area contributed by atoms with E-state index in [9.17, 15) is 9.59 Å². The third-order valence-electron chi connectivity index (χ3n) is 3.60. The summed E-state index contributed by atoms with van der Waals surface area (Å²) in [6.45, 7) is 1.47. The second kappa shape index (κ2) is 8.61. The van der Waals surface area contributed by atoms with Gasteiger partial charge in [-0.1, -0.05) is 45.7 Å². The number of aromatic nitrogens is 1. The molecule has 1 heterocycles. The van der Waals surface area contributed by atoms with Gasteiger partial charge in [0.2, 0.25) is 5.91 Å². The molecule has 0 aliphatic carbocycles. The summed E-state index contributed by atoms with van der Waals surface area (Å²) in [5.74, 6) is -0.295. The third-order valence-corrected chi connectivity index (χ3v) is 5.17. The Balaban J connectivity index is 1.82. The lowest BCUT2D eigenvalue weighted by atomic mass is 10.1. The second-order valence-electron chi connectivity index (χ2n) is 5.60. The molecule has 0 aliphatic heterocycles. The van der Waals surface area contributed by atoms with Crippen molar-refractivity contribution in [2.45, 2.75) is 6.92 Å². The van der Waals surface area contributed by atoms with E-state index >= 15 is 0 Å². The zero-order valence-electron chi connectivity index (χ0n) is 14.2. The number of allylic oxidation sites excluding steroid dienone is 1. The van der Waals surface area contributed by atoms with E-state index in [4.69, 9.17) is 11.6 Å². The van der Waals surface area contributed by atoms with E-state index in [0.717, 1.165) is 4.47 Å². The Hall–Kier alpha value is -2.28. The number of nitrogens with zero attached hydrogens (tertiary/aromatic N) is 2. The molecular weight excluding hydrogens is 448 g/mol. The van der Waals surface area contributed by atoms with Gasteiger partial charge in [-0.3, -0.25) is 14.5 Å². The van der Waals surface area contributed by atoms with Crippen molar-refractivity contribution in [3.8, 4) is 0 Å². The molecule has 136 valence electrons. The summed E-state index contributed by atoms with van der Waals surface area (Å²) in [6, 6.07) is 14.2. The lowest BCUT2D eigenvalue weighted by Gasteiger charge is -2.18. The van der Waals surface area contributed by atoms with Crippen LogP contribution in [0.2, 0.25) is 5.02 Å². The van der Waals surface area contributed by atoms with E-state index in [0.29, 0.717) is 27.1 Å². The summed E-state index contributed by atoms with van der Waals surface area (Å²) in [5.41, 5.74) is 1.83. The van der Waals surface area contributed by atoms with Crippen molar-refractivity contribution < 1.29 is 9.59 Å². The quantitative estimate of drug-likeness (QED) is 0.339. The number of carbonyl (C=O) groups is 2. The second-order valence-corrected chi connectivity index (χ2v) is 7.79. The van der Waals surface area contributed by atoms with Crippen molar-refractivity contribution in [1.82, 2.24) is 4.98 Å². The van der Waals surface area contributed by atoms with Gasteiger partial charge >= 0.3 is 0 Å². The van der Waals surface area contributed by atoms with Crippen LogP contribution in [0.25, 0.3) is 6.08 Å². The molecular formula is C20H14BrClN2O2S. The zero-order chi connectivity index (χ0) is 19.4. The maximum atomic E-state index is 12.3. The summed E-state index contributed by atoms with van der Waals surface area (Å²) < 4.78 is 0.844. The van der Waals surface area contributed by atoms with Crippen molar-refractivity contribution in [2.24, 2.45) is 0 Å². The SMILES string of the molecule is CC(=O)N(c1cccc(Cl)c1)c1nc(C=CC(=O)c2cccc(Br)c2)cs1. The Morgan fingerprint density at radius 2 is 1.96 bits per heavy atom. The number of thiazole rings is 1. The predicted octanol–water partition coefficient (Wildman–Crippen LogP) is 6.14. The first-order chi connectivity index (χ1) is 12.9. The topological polar surface area (TPSA) is 50.3 Å². The normalized spacial score (nSPS) is 10.9. The Morgan fingerprint density at radius 3 is 2.67 bits per heavy atom. The fourth-order valence-electron chi connectivity index (χ4n) is 2.40. The first-order valence-electron chi connectivity index (χ1n) is 7.94. The van der Waals surface area contributed by atoms with Gasteiger partial charge < -0.3 is 0 Å². The number of benzene rings is 2. The van der Waals surface area contributed by atoms with Crippen molar-refractivity contribution in [2.75, 3.05) is 4.90 Å². The van der Waals surface area contributed by atoms with Gasteiger partial charge in [-0.05, 0) is 42.5 Å². The molecule has 3 aromatic rings. The van der Waals surface area contributed by atoms with E-state index in [1.165, 1.54) is 29.2 Å². The van der Waals surface area contributed by atoms with Gasteiger partial charge in [-0.2, -0.15) is 0 Å². The van der Waals surface area contributed by atoms with Crippen LogP contribution in [0.4, 0.5) is 10.8 Å². The number of hydrogen-bond acceptors (Lipinski definition) is 4. The summed E-state index contributed by atoms with van der Waals surface area (Å²) >= 11 is 10.7. The Labute approximate surface area is 174 Å². The van der Waals surface area contributed by atoms with Crippen LogP contribution in [0.1, 0.15) is 23.0 Å². The fraction of sp³-hybridized carbons (Fsp3) is 0.0500.